The van der Waals surface area contributed by atoms with Gasteiger partial charge in [0.15, 0.2) is 0 Å². The Hall–Kier alpha value is -1.11. The molecule has 0 bridgehead atoms. The van der Waals surface area contributed by atoms with Crippen LogP contribution in [0.1, 0.15) is 36.8 Å². The largest absolute Gasteiger partial charge is 0.416 e. The Bertz CT molecular complexity index is 578. The van der Waals surface area contributed by atoms with Gasteiger partial charge in [0.2, 0.25) is 0 Å². The Balaban J connectivity index is 1.83. The molecule has 134 valence electrons. The van der Waals surface area contributed by atoms with E-state index in [4.69, 9.17) is 9.47 Å². The monoisotopic (exact) mass is 343 g/mol. The van der Waals surface area contributed by atoms with E-state index in [1.54, 1.807) is 26.4 Å². The number of methoxy groups -OCH3 is 2. The van der Waals surface area contributed by atoms with Crippen molar-refractivity contribution in [3.05, 3.63) is 35.4 Å². The van der Waals surface area contributed by atoms with Gasteiger partial charge < -0.3 is 9.47 Å². The molecule has 3 atom stereocenters. The van der Waals surface area contributed by atoms with E-state index in [-0.39, 0.29) is 17.7 Å². The molecule has 2 fully saturated rings. The van der Waals surface area contributed by atoms with Crippen molar-refractivity contribution in [1.29, 1.82) is 0 Å². The summed E-state index contributed by atoms with van der Waals surface area (Å²) in [6, 6.07) is 5.95. The maximum absolute atomic E-state index is 13.3. The van der Waals surface area contributed by atoms with Gasteiger partial charge in [-0.05, 0) is 37.3 Å². The molecule has 1 saturated carbocycles. The van der Waals surface area contributed by atoms with Crippen LogP contribution in [0.25, 0.3) is 0 Å². The highest BCUT2D eigenvalue weighted by Gasteiger charge is 2.51. The fraction of sp³-hybridized carbons (Fsp3) is 0.667. The second-order valence-corrected chi connectivity index (χ2v) is 6.79. The second-order valence-electron chi connectivity index (χ2n) is 6.79. The molecule has 1 aromatic rings. The number of halogens is 3. The molecule has 3 nitrogen and oxygen atoms in total. The second kappa shape index (κ2) is 6.65. The van der Waals surface area contributed by atoms with Gasteiger partial charge in [0, 0.05) is 33.4 Å². The van der Waals surface area contributed by atoms with Crippen molar-refractivity contribution in [3.63, 3.8) is 0 Å². The zero-order valence-corrected chi connectivity index (χ0v) is 14.1. The number of hydrogen-bond donors (Lipinski definition) is 0. The molecule has 0 aromatic heterocycles. The third kappa shape index (κ3) is 3.19. The number of nitrogens with zero attached hydrogens (tertiary/aromatic N) is 1. The van der Waals surface area contributed by atoms with Crippen LogP contribution in [-0.2, 0) is 22.2 Å². The normalized spacial score (nSPS) is 31.2. The summed E-state index contributed by atoms with van der Waals surface area (Å²) >= 11 is 0. The lowest BCUT2D eigenvalue weighted by molar-refractivity contribution is -0.138. The molecule has 0 unspecified atom stereocenters. The van der Waals surface area contributed by atoms with E-state index < -0.39 is 11.7 Å². The van der Waals surface area contributed by atoms with E-state index in [1.807, 2.05) is 0 Å². The molecule has 0 amide bonds. The lowest BCUT2D eigenvalue weighted by atomic mass is 9.79. The number of likely N-dealkylation sites (tertiary alicyclic amines) is 1. The molecule has 0 N–H and O–H groups in total. The van der Waals surface area contributed by atoms with Gasteiger partial charge in [0.05, 0.1) is 17.3 Å². The van der Waals surface area contributed by atoms with Crippen molar-refractivity contribution >= 4 is 0 Å². The Labute approximate surface area is 140 Å². The van der Waals surface area contributed by atoms with Gasteiger partial charge in [-0.2, -0.15) is 13.2 Å². The molecular weight excluding hydrogens is 319 g/mol. The Morgan fingerprint density at radius 3 is 2.62 bits per heavy atom. The number of hydrogen-bond acceptors (Lipinski definition) is 3. The Kier molecular flexibility index (Phi) is 4.91. The molecule has 1 saturated heterocycles. The van der Waals surface area contributed by atoms with Gasteiger partial charge >= 0.3 is 6.18 Å². The van der Waals surface area contributed by atoms with Crippen LogP contribution >= 0.6 is 0 Å². The zero-order valence-electron chi connectivity index (χ0n) is 14.1. The van der Waals surface area contributed by atoms with Gasteiger partial charge in [-0.25, -0.2) is 0 Å². The lowest BCUT2D eigenvalue weighted by Gasteiger charge is -2.43. The number of alkyl halides is 3. The predicted octanol–water partition coefficient (Wildman–Crippen LogP) is 3.86. The van der Waals surface area contributed by atoms with E-state index in [0.29, 0.717) is 12.1 Å². The average Bonchev–Trinajstić information content (AvgIpc) is 2.93. The minimum absolute atomic E-state index is 0.0995. The molecule has 1 aromatic carbocycles. The van der Waals surface area contributed by atoms with E-state index in [9.17, 15) is 13.2 Å². The first-order valence-corrected chi connectivity index (χ1v) is 8.37. The van der Waals surface area contributed by atoms with E-state index in [1.165, 1.54) is 6.07 Å². The van der Waals surface area contributed by atoms with Crippen LogP contribution in [-0.4, -0.2) is 43.4 Å². The van der Waals surface area contributed by atoms with E-state index in [2.05, 4.69) is 4.90 Å². The quantitative estimate of drug-likeness (QED) is 0.829. The molecule has 24 heavy (non-hydrogen) atoms. The summed E-state index contributed by atoms with van der Waals surface area (Å²) in [5, 5.41) is 0. The zero-order chi connectivity index (χ0) is 17.4. The average molecular weight is 343 g/mol. The highest BCUT2D eigenvalue weighted by Crippen LogP contribution is 2.44. The summed E-state index contributed by atoms with van der Waals surface area (Å²) < 4.78 is 51.1. The van der Waals surface area contributed by atoms with Gasteiger partial charge in [0.1, 0.15) is 0 Å². The molecule has 1 aliphatic heterocycles. The first-order valence-electron chi connectivity index (χ1n) is 8.37. The van der Waals surface area contributed by atoms with Crippen molar-refractivity contribution in [2.24, 2.45) is 0 Å². The third-order valence-corrected chi connectivity index (χ3v) is 5.68. The minimum atomic E-state index is -4.32. The van der Waals surface area contributed by atoms with Crippen LogP contribution in [0.5, 0.6) is 0 Å². The molecular formula is C18H24F3NO2. The van der Waals surface area contributed by atoms with Gasteiger partial charge in [-0.3, -0.25) is 4.90 Å². The summed E-state index contributed by atoms with van der Waals surface area (Å²) in [6.07, 6.45) is -0.678. The highest BCUT2D eigenvalue weighted by molar-refractivity contribution is 5.30. The first-order chi connectivity index (χ1) is 11.4. The smallest absolute Gasteiger partial charge is 0.381 e. The summed E-state index contributed by atoms with van der Waals surface area (Å²) in [6.45, 7) is 1.04. The fourth-order valence-electron chi connectivity index (χ4n) is 4.31. The molecule has 3 rings (SSSR count). The summed E-state index contributed by atoms with van der Waals surface area (Å²) in [4.78, 5) is 2.14. The number of rotatable bonds is 4. The van der Waals surface area contributed by atoms with Crippen molar-refractivity contribution in [2.75, 3.05) is 20.8 Å². The van der Waals surface area contributed by atoms with Crippen molar-refractivity contribution < 1.29 is 22.6 Å². The summed E-state index contributed by atoms with van der Waals surface area (Å²) in [5.41, 5.74) is -0.460. The van der Waals surface area contributed by atoms with Gasteiger partial charge in [-0.15, -0.1) is 0 Å². The SMILES string of the molecule is CO[C@@H]1CC[C@@]2(OC)CCN(Cc3ccccc3C(F)(F)F)[C@H]2C1. The first kappa shape index (κ1) is 17.7. The van der Waals surface area contributed by atoms with Crippen LogP contribution in [0.4, 0.5) is 13.2 Å². The number of fused-ring (bicyclic) bond motifs is 1. The Morgan fingerprint density at radius 1 is 1.21 bits per heavy atom. The van der Waals surface area contributed by atoms with E-state index in [0.717, 1.165) is 38.3 Å². The molecule has 6 heteroatoms. The highest BCUT2D eigenvalue weighted by atomic mass is 19.4. The molecule has 1 aliphatic carbocycles. The van der Waals surface area contributed by atoms with Crippen LogP contribution in [0.3, 0.4) is 0 Å². The van der Waals surface area contributed by atoms with Crippen molar-refractivity contribution in [1.82, 2.24) is 4.90 Å². The molecule has 2 aliphatic rings. The summed E-state index contributed by atoms with van der Waals surface area (Å²) in [5.74, 6) is 0. The maximum atomic E-state index is 13.3. The van der Waals surface area contributed by atoms with Crippen LogP contribution in [0.15, 0.2) is 24.3 Å². The third-order valence-electron chi connectivity index (χ3n) is 5.68. The fourth-order valence-corrected chi connectivity index (χ4v) is 4.31. The lowest BCUT2D eigenvalue weighted by Crippen LogP contribution is -2.51. The van der Waals surface area contributed by atoms with Crippen LogP contribution < -0.4 is 0 Å². The van der Waals surface area contributed by atoms with Gasteiger partial charge in [-0.1, -0.05) is 18.2 Å². The molecule has 0 spiro atoms. The van der Waals surface area contributed by atoms with E-state index >= 15 is 0 Å². The molecule has 0 radical (unpaired) electrons. The van der Waals surface area contributed by atoms with Crippen molar-refractivity contribution in [2.45, 2.75) is 56.2 Å². The maximum Gasteiger partial charge on any atom is 0.416 e. The van der Waals surface area contributed by atoms with Crippen molar-refractivity contribution in [3.8, 4) is 0 Å². The topological polar surface area (TPSA) is 21.7 Å². The number of benzene rings is 1. The predicted molar refractivity (Wildman–Crippen MR) is 84.6 cm³/mol. The minimum Gasteiger partial charge on any atom is -0.381 e. The van der Waals surface area contributed by atoms with Crippen LogP contribution in [0, 0.1) is 0 Å². The standard InChI is InChI=1S/C18H24F3NO2/c1-23-14-7-8-17(24-2)9-10-22(16(17)11-14)12-13-5-3-4-6-15(13)18(19,20)21/h3-6,14,16H,7-12H2,1-2H3/t14-,16+,17-/m1/s1. The Morgan fingerprint density at radius 2 is 1.96 bits per heavy atom. The molecule has 1 heterocycles. The van der Waals surface area contributed by atoms with Gasteiger partial charge in [0.25, 0.3) is 0 Å². The van der Waals surface area contributed by atoms with Crippen LogP contribution in [0.2, 0.25) is 0 Å². The summed E-state index contributed by atoms with van der Waals surface area (Å²) in [7, 11) is 3.41. The number of ether oxygens (including phenoxy) is 2.